The van der Waals surface area contributed by atoms with Gasteiger partial charge >= 0.3 is 18.1 Å². The molecule has 0 aromatic heterocycles. The number of carboxylic acid groups (broad SMARTS) is 1. The van der Waals surface area contributed by atoms with Gasteiger partial charge in [0.1, 0.15) is 0 Å². The van der Waals surface area contributed by atoms with Gasteiger partial charge in [0, 0.05) is 18.1 Å². The van der Waals surface area contributed by atoms with Gasteiger partial charge in [0.15, 0.2) is 0 Å². The van der Waals surface area contributed by atoms with E-state index in [1.807, 2.05) is 0 Å². The van der Waals surface area contributed by atoms with E-state index in [2.05, 4.69) is 0 Å². The minimum Gasteiger partial charge on any atom is -0.481 e. The third kappa shape index (κ3) is 4.35. The first-order valence-electron chi connectivity index (χ1n) is 6.79. The first-order valence-corrected chi connectivity index (χ1v) is 7.17. The fourth-order valence-corrected chi connectivity index (χ4v) is 2.75. The van der Waals surface area contributed by atoms with Crippen molar-refractivity contribution in [3.8, 4) is 0 Å². The van der Waals surface area contributed by atoms with E-state index in [4.69, 9.17) is 11.6 Å². The molecular weight excluding hydrogens is 337 g/mol. The molecule has 126 valence electrons. The van der Waals surface area contributed by atoms with Crippen molar-refractivity contribution in [2.24, 2.45) is 5.92 Å². The lowest BCUT2D eigenvalue weighted by molar-refractivity contribution is -0.180. The number of carboxylic acids is 1. The maximum atomic E-state index is 12.3. The number of amides is 1. The monoisotopic (exact) mass is 350 g/mol. The van der Waals surface area contributed by atoms with Crippen LogP contribution in [0, 0.1) is 5.92 Å². The van der Waals surface area contributed by atoms with Crippen molar-refractivity contribution in [2.75, 3.05) is 13.1 Å². The van der Waals surface area contributed by atoms with Crippen LogP contribution in [0.25, 0.3) is 0 Å². The number of hydrogen-bond acceptors (Lipinski definition) is 3. The predicted molar refractivity (Wildman–Crippen MR) is 75.7 cm³/mol. The Labute approximate surface area is 135 Å². The maximum absolute atomic E-state index is 12.3. The number of aliphatic carboxylic acids is 1. The molecule has 1 amide bonds. The fourth-order valence-electron chi connectivity index (χ4n) is 2.62. The Morgan fingerprint density at radius 1 is 1.26 bits per heavy atom. The van der Waals surface area contributed by atoms with Gasteiger partial charge in [-0.3, -0.25) is 15.0 Å². The van der Waals surface area contributed by atoms with Gasteiger partial charge in [-0.2, -0.15) is 13.2 Å². The van der Waals surface area contributed by atoms with E-state index in [0.717, 1.165) is 10.6 Å². The molecule has 1 aliphatic rings. The minimum absolute atomic E-state index is 0.124. The number of carbonyl (C=O) groups is 2. The Kier molecular flexibility index (Phi) is 5.16. The topological polar surface area (TPSA) is 69.6 Å². The van der Waals surface area contributed by atoms with Crippen molar-refractivity contribution < 1.29 is 27.9 Å². The van der Waals surface area contributed by atoms with E-state index >= 15 is 0 Å². The van der Waals surface area contributed by atoms with Gasteiger partial charge in [-0.05, 0) is 30.0 Å². The fraction of sp³-hybridized carbons (Fsp3) is 0.429. The molecule has 0 spiro atoms. The molecule has 1 heterocycles. The molecule has 2 atom stereocenters. The third-order valence-electron chi connectivity index (χ3n) is 3.75. The second-order valence-corrected chi connectivity index (χ2v) is 5.71. The van der Waals surface area contributed by atoms with Crippen molar-refractivity contribution in [2.45, 2.75) is 18.5 Å². The van der Waals surface area contributed by atoms with E-state index in [1.54, 1.807) is 29.7 Å². The number of hydrazine groups is 1. The molecule has 2 rings (SSSR count). The molecule has 5 nitrogen and oxygen atoms in total. The summed E-state index contributed by atoms with van der Waals surface area (Å²) in [6, 6.07) is 6.67. The summed E-state index contributed by atoms with van der Waals surface area (Å²) in [6.07, 6.45) is -4.71. The Balaban J connectivity index is 2.10. The molecule has 1 aromatic rings. The SMILES string of the molecule is O=C(O)[C@@H]1CN(NC(=O)C(F)(F)F)CC[C@H]1c1ccc(Cl)cc1. The smallest absolute Gasteiger partial charge is 0.472 e. The van der Waals surface area contributed by atoms with Gasteiger partial charge in [0.05, 0.1) is 5.92 Å². The van der Waals surface area contributed by atoms with Crippen LogP contribution < -0.4 is 5.43 Å². The highest BCUT2D eigenvalue weighted by Crippen LogP contribution is 2.33. The van der Waals surface area contributed by atoms with Gasteiger partial charge in [-0.25, -0.2) is 5.01 Å². The second-order valence-electron chi connectivity index (χ2n) is 5.28. The van der Waals surface area contributed by atoms with Crippen LogP contribution in [0.15, 0.2) is 24.3 Å². The number of hydrogen-bond donors (Lipinski definition) is 2. The van der Waals surface area contributed by atoms with E-state index < -0.39 is 24.0 Å². The summed E-state index contributed by atoms with van der Waals surface area (Å²) in [6.45, 7) is -0.0800. The summed E-state index contributed by atoms with van der Waals surface area (Å²) in [5.74, 6) is -4.52. The lowest BCUT2D eigenvalue weighted by Gasteiger charge is -2.36. The van der Waals surface area contributed by atoms with E-state index in [1.165, 1.54) is 0 Å². The highest BCUT2D eigenvalue weighted by atomic mass is 35.5. The molecular formula is C14H14ClF3N2O3. The number of nitrogens with one attached hydrogen (secondary N) is 1. The average molecular weight is 351 g/mol. The maximum Gasteiger partial charge on any atom is 0.472 e. The summed E-state index contributed by atoms with van der Waals surface area (Å²) in [7, 11) is 0. The van der Waals surface area contributed by atoms with Crippen molar-refractivity contribution in [1.29, 1.82) is 0 Å². The highest BCUT2D eigenvalue weighted by Gasteiger charge is 2.42. The number of benzene rings is 1. The standard InChI is InChI=1S/C14H14ClF3N2O3/c15-9-3-1-8(2-4-9)10-5-6-20(7-11(10)12(21)22)19-13(23)14(16,17)18/h1-4,10-11H,5-7H2,(H,19,23)(H,21,22)/t10-,11+/m0/s1. The van der Waals surface area contributed by atoms with Gasteiger partial charge in [-0.1, -0.05) is 23.7 Å². The third-order valence-corrected chi connectivity index (χ3v) is 4.00. The molecule has 1 saturated heterocycles. The number of piperidine rings is 1. The number of nitrogens with zero attached hydrogens (tertiary/aromatic N) is 1. The molecule has 23 heavy (non-hydrogen) atoms. The van der Waals surface area contributed by atoms with Crippen molar-refractivity contribution >= 4 is 23.5 Å². The zero-order chi connectivity index (χ0) is 17.2. The van der Waals surface area contributed by atoms with Crippen LogP contribution in [0.4, 0.5) is 13.2 Å². The van der Waals surface area contributed by atoms with Crippen LogP contribution in [0.2, 0.25) is 5.02 Å². The zero-order valence-electron chi connectivity index (χ0n) is 11.8. The Morgan fingerprint density at radius 2 is 1.87 bits per heavy atom. The largest absolute Gasteiger partial charge is 0.481 e. The molecule has 0 radical (unpaired) electrons. The number of carbonyl (C=O) groups excluding carboxylic acids is 1. The molecule has 0 saturated carbocycles. The van der Waals surface area contributed by atoms with Gasteiger partial charge < -0.3 is 5.11 Å². The zero-order valence-corrected chi connectivity index (χ0v) is 12.6. The van der Waals surface area contributed by atoms with Crippen molar-refractivity contribution in [1.82, 2.24) is 10.4 Å². The Hall–Kier alpha value is -1.80. The molecule has 0 aliphatic carbocycles. The second kappa shape index (κ2) is 6.76. The molecule has 2 N–H and O–H groups in total. The average Bonchev–Trinajstić information content (AvgIpc) is 2.47. The van der Waals surface area contributed by atoms with Crippen LogP contribution >= 0.6 is 11.6 Å². The molecule has 0 unspecified atom stereocenters. The number of alkyl halides is 3. The summed E-state index contributed by atoms with van der Waals surface area (Å²) in [5.41, 5.74) is 2.46. The van der Waals surface area contributed by atoms with E-state index in [-0.39, 0.29) is 19.0 Å². The van der Waals surface area contributed by atoms with Crippen molar-refractivity contribution in [3.63, 3.8) is 0 Å². The van der Waals surface area contributed by atoms with Gasteiger partial charge in [0.2, 0.25) is 0 Å². The predicted octanol–water partition coefficient (Wildman–Crippen LogP) is 2.42. The van der Waals surface area contributed by atoms with Gasteiger partial charge in [0.25, 0.3) is 0 Å². The van der Waals surface area contributed by atoms with Crippen LogP contribution in [0.3, 0.4) is 0 Å². The minimum atomic E-state index is -5.01. The van der Waals surface area contributed by atoms with Crippen LogP contribution in [0.1, 0.15) is 17.9 Å². The highest BCUT2D eigenvalue weighted by molar-refractivity contribution is 6.30. The lowest BCUT2D eigenvalue weighted by atomic mass is 9.81. The number of rotatable bonds is 3. The van der Waals surface area contributed by atoms with Crippen molar-refractivity contribution in [3.05, 3.63) is 34.9 Å². The normalized spacial score (nSPS) is 22.6. The first-order chi connectivity index (χ1) is 10.7. The van der Waals surface area contributed by atoms with E-state index in [0.29, 0.717) is 11.4 Å². The first kappa shape index (κ1) is 17.6. The van der Waals surface area contributed by atoms with Crippen LogP contribution in [-0.2, 0) is 9.59 Å². The summed E-state index contributed by atoms with van der Waals surface area (Å²) < 4.78 is 36.8. The quantitative estimate of drug-likeness (QED) is 0.878. The number of halogens is 4. The van der Waals surface area contributed by atoms with Crippen LogP contribution in [0.5, 0.6) is 0 Å². The molecule has 0 bridgehead atoms. The summed E-state index contributed by atoms with van der Waals surface area (Å²) in [5, 5.41) is 10.9. The molecule has 1 aromatic carbocycles. The Bertz CT molecular complexity index is 592. The van der Waals surface area contributed by atoms with Crippen LogP contribution in [-0.4, -0.2) is 41.3 Å². The summed E-state index contributed by atoms with van der Waals surface area (Å²) in [4.78, 5) is 22.4. The van der Waals surface area contributed by atoms with E-state index in [9.17, 15) is 27.9 Å². The molecule has 9 heteroatoms. The summed E-state index contributed by atoms with van der Waals surface area (Å²) >= 11 is 5.79. The lowest BCUT2D eigenvalue weighted by Crippen LogP contribution is -2.54. The van der Waals surface area contributed by atoms with Gasteiger partial charge in [-0.15, -0.1) is 0 Å². The molecule has 1 aliphatic heterocycles. The molecule has 1 fully saturated rings. The Morgan fingerprint density at radius 3 is 2.39 bits per heavy atom.